The van der Waals surface area contributed by atoms with E-state index in [2.05, 4.69) is 16.0 Å². The number of aryl methyl sites for hydroxylation is 1. The Hall–Kier alpha value is -2.53. The average molecular weight is 400 g/mol. The van der Waals surface area contributed by atoms with Gasteiger partial charge >= 0.3 is 6.03 Å². The van der Waals surface area contributed by atoms with E-state index in [9.17, 15) is 9.59 Å². The Morgan fingerprint density at radius 2 is 1.71 bits per heavy atom. The summed E-state index contributed by atoms with van der Waals surface area (Å²) in [7, 11) is 0. The van der Waals surface area contributed by atoms with Crippen LogP contribution < -0.4 is 16.0 Å². The number of halogens is 1. The number of hydrogen-bond acceptors (Lipinski definition) is 2. The third-order valence-electron chi connectivity index (χ3n) is 5.08. The molecule has 2 atom stereocenters. The van der Waals surface area contributed by atoms with Crippen LogP contribution in [0.2, 0.25) is 5.02 Å². The van der Waals surface area contributed by atoms with Gasteiger partial charge in [0.2, 0.25) is 0 Å². The minimum Gasteiger partial charge on any atom is -0.347 e. The fourth-order valence-corrected chi connectivity index (χ4v) is 3.75. The summed E-state index contributed by atoms with van der Waals surface area (Å²) in [5.41, 5.74) is 2.56. The monoisotopic (exact) mass is 399 g/mol. The van der Waals surface area contributed by atoms with Gasteiger partial charge in [-0.3, -0.25) is 4.79 Å². The van der Waals surface area contributed by atoms with Crippen LogP contribution in [-0.4, -0.2) is 24.0 Å². The van der Waals surface area contributed by atoms with Gasteiger partial charge in [0, 0.05) is 23.2 Å². The van der Waals surface area contributed by atoms with Crippen LogP contribution in [-0.2, 0) is 6.54 Å². The molecule has 148 valence electrons. The Kier molecular flexibility index (Phi) is 6.93. The SMILES string of the molecule is Cc1cccc(C(=O)NC2CCCCC2NC(=O)NCc2ccccc2Cl)c1. The summed E-state index contributed by atoms with van der Waals surface area (Å²) in [6, 6.07) is 14.5. The minimum atomic E-state index is -0.248. The van der Waals surface area contributed by atoms with Crippen LogP contribution in [0.4, 0.5) is 4.79 Å². The number of benzene rings is 2. The molecule has 2 aromatic rings. The van der Waals surface area contributed by atoms with Crippen LogP contribution >= 0.6 is 11.6 Å². The molecule has 1 saturated carbocycles. The van der Waals surface area contributed by atoms with Crippen molar-refractivity contribution in [3.63, 3.8) is 0 Å². The third kappa shape index (κ3) is 5.49. The lowest BCUT2D eigenvalue weighted by Crippen LogP contribution is -2.55. The van der Waals surface area contributed by atoms with Crippen LogP contribution in [0.3, 0.4) is 0 Å². The number of hydrogen-bond donors (Lipinski definition) is 3. The largest absolute Gasteiger partial charge is 0.347 e. The Labute approximate surface area is 170 Å². The fraction of sp³-hybridized carbons (Fsp3) is 0.364. The van der Waals surface area contributed by atoms with Crippen molar-refractivity contribution in [1.29, 1.82) is 0 Å². The van der Waals surface area contributed by atoms with Crippen molar-refractivity contribution < 1.29 is 9.59 Å². The van der Waals surface area contributed by atoms with E-state index in [1.54, 1.807) is 6.07 Å². The van der Waals surface area contributed by atoms with Crippen LogP contribution in [0.1, 0.15) is 47.2 Å². The highest BCUT2D eigenvalue weighted by Gasteiger charge is 2.28. The van der Waals surface area contributed by atoms with Crippen molar-refractivity contribution in [3.05, 3.63) is 70.2 Å². The van der Waals surface area contributed by atoms with Gasteiger partial charge in [-0.25, -0.2) is 4.79 Å². The zero-order valence-electron chi connectivity index (χ0n) is 16.0. The standard InChI is InChI=1S/C22H26ClN3O2/c1-15-7-6-9-16(13-15)21(27)25-19-11-4-5-12-20(19)26-22(28)24-14-17-8-2-3-10-18(17)23/h2-3,6-10,13,19-20H,4-5,11-12,14H2,1H3,(H,25,27)(H2,24,26,28). The van der Waals surface area contributed by atoms with E-state index in [-0.39, 0.29) is 24.0 Å². The molecule has 1 aliphatic carbocycles. The van der Waals surface area contributed by atoms with Gasteiger partial charge in [0.15, 0.2) is 0 Å². The van der Waals surface area contributed by atoms with Gasteiger partial charge in [-0.15, -0.1) is 0 Å². The predicted octanol–water partition coefficient (Wildman–Crippen LogP) is 4.19. The number of urea groups is 1. The second-order valence-corrected chi connectivity index (χ2v) is 7.67. The second-order valence-electron chi connectivity index (χ2n) is 7.26. The first-order valence-corrected chi connectivity index (χ1v) is 10.1. The molecular formula is C22H26ClN3O2. The van der Waals surface area contributed by atoms with Crippen LogP contribution in [0.5, 0.6) is 0 Å². The van der Waals surface area contributed by atoms with E-state index in [4.69, 9.17) is 11.6 Å². The van der Waals surface area contributed by atoms with Crippen molar-refractivity contribution in [2.45, 2.75) is 51.2 Å². The number of carbonyl (C=O) groups excluding carboxylic acids is 2. The second kappa shape index (κ2) is 9.60. The first kappa shape index (κ1) is 20.2. The summed E-state index contributed by atoms with van der Waals surface area (Å²) in [5.74, 6) is -0.0983. The molecule has 1 fully saturated rings. The molecular weight excluding hydrogens is 374 g/mol. The Bertz CT molecular complexity index is 840. The van der Waals surface area contributed by atoms with Gasteiger partial charge in [0.1, 0.15) is 0 Å². The number of rotatable bonds is 5. The van der Waals surface area contributed by atoms with E-state index in [1.165, 1.54) is 0 Å². The molecule has 5 nitrogen and oxygen atoms in total. The molecule has 28 heavy (non-hydrogen) atoms. The smallest absolute Gasteiger partial charge is 0.315 e. The molecule has 0 bridgehead atoms. The average Bonchev–Trinajstić information content (AvgIpc) is 2.69. The molecule has 0 aliphatic heterocycles. The van der Waals surface area contributed by atoms with E-state index >= 15 is 0 Å². The number of amides is 3. The zero-order chi connectivity index (χ0) is 19.9. The van der Waals surface area contributed by atoms with Gasteiger partial charge in [-0.2, -0.15) is 0 Å². The quantitative estimate of drug-likeness (QED) is 0.705. The van der Waals surface area contributed by atoms with Gasteiger partial charge in [0.25, 0.3) is 5.91 Å². The Morgan fingerprint density at radius 1 is 1.00 bits per heavy atom. The molecule has 3 rings (SSSR count). The maximum Gasteiger partial charge on any atom is 0.315 e. The summed E-state index contributed by atoms with van der Waals surface area (Å²) in [4.78, 5) is 25.0. The summed E-state index contributed by atoms with van der Waals surface area (Å²) in [6.45, 7) is 2.32. The predicted molar refractivity (Wildman–Crippen MR) is 112 cm³/mol. The minimum absolute atomic E-state index is 0.0761. The van der Waals surface area contributed by atoms with Crippen LogP contribution in [0.25, 0.3) is 0 Å². The molecule has 2 aromatic carbocycles. The number of carbonyl (C=O) groups is 2. The molecule has 0 aromatic heterocycles. The highest BCUT2D eigenvalue weighted by atomic mass is 35.5. The van der Waals surface area contributed by atoms with E-state index in [0.29, 0.717) is 17.1 Å². The lowest BCUT2D eigenvalue weighted by atomic mass is 9.90. The lowest BCUT2D eigenvalue weighted by molar-refractivity contribution is 0.0915. The topological polar surface area (TPSA) is 70.2 Å². The first-order chi connectivity index (χ1) is 13.5. The molecule has 0 spiro atoms. The lowest BCUT2D eigenvalue weighted by Gasteiger charge is -2.32. The fourth-order valence-electron chi connectivity index (χ4n) is 3.55. The summed E-state index contributed by atoms with van der Waals surface area (Å²) < 4.78 is 0. The molecule has 3 amide bonds. The van der Waals surface area contributed by atoms with Gasteiger partial charge in [-0.1, -0.05) is 60.3 Å². The highest BCUT2D eigenvalue weighted by Crippen LogP contribution is 2.19. The molecule has 0 heterocycles. The summed E-state index contributed by atoms with van der Waals surface area (Å²) in [6.07, 6.45) is 3.77. The van der Waals surface area contributed by atoms with E-state index in [0.717, 1.165) is 36.8 Å². The molecule has 1 aliphatic rings. The van der Waals surface area contributed by atoms with Crippen molar-refractivity contribution >= 4 is 23.5 Å². The third-order valence-corrected chi connectivity index (χ3v) is 5.45. The van der Waals surface area contributed by atoms with Gasteiger partial charge in [-0.05, 0) is 43.5 Å². The van der Waals surface area contributed by atoms with Crippen molar-refractivity contribution in [2.24, 2.45) is 0 Å². The van der Waals surface area contributed by atoms with Gasteiger partial charge in [0.05, 0.1) is 6.04 Å². The van der Waals surface area contributed by atoms with E-state index in [1.807, 2.05) is 49.4 Å². The maximum atomic E-state index is 12.6. The molecule has 3 N–H and O–H groups in total. The molecule has 6 heteroatoms. The highest BCUT2D eigenvalue weighted by molar-refractivity contribution is 6.31. The van der Waals surface area contributed by atoms with Crippen molar-refractivity contribution in [2.75, 3.05) is 0 Å². The Balaban J connectivity index is 1.56. The Morgan fingerprint density at radius 3 is 2.43 bits per heavy atom. The van der Waals surface area contributed by atoms with Gasteiger partial charge < -0.3 is 16.0 Å². The van der Waals surface area contributed by atoms with Crippen LogP contribution in [0, 0.1) is 6.92 Å². The number of nitrogens with one attached hydrogen (secondary N) is 3. The zero-order valence-corrected chi connectivity index (χ0v) is 16.8. The summed E-state index contributed by atoms with van der Waals surface area (Å²) >= 11 is 6.13. The maximum absolute atomic E-state index is 12.6. The normalized spacial score (nSPS) is 18.9. The van der Waals surface area contributed by atoms with Crippen molar-refractivity contribution in [1.82, 2.24) is 16.0 Å². The van der Waals surface area contributed by atoms with Crippen molar-refractivity contribution in [3.8, 4) is 0 Å². The molecule has 2 unspecified atom stereocenters. The summed E-state index contributed by atoms with van der Waals surface area (Å²) in [5, 5.41) is 9.60. The molecule has 0 radical (unpaired) electrons. The van der Waals surface area contributed by atoms with E-state index < -0.39 is 0 Å². The first-order valence-electron chi connectivity index (χ1n) is 9.68. The van der Waals surface area contributed by atoms with Crippen LogP contribution in [0.15, 0.2) is 48.5 Å². The molecule has 0 saturated heterocycles.